The Labute approximate surface area is 367 Å². The predicted molar refractivity (Wildman–Crippen MR) is 194 cm³/mol. The molecule has 0 aliphatic carbocycles. The summed E-state index contributed by atoms with van der Waals surface area (Å²) in [4.78, 5) is 0. The highest BCUT2D eigenvalue weighted by Crippen LogP contribution is 2.38. The smallest absolute Gasteiger partial charge is 0.187 e. The van der Waals surface area contributed by atoms with Gasteiger partial charge in [0.1, 0.15) is 134 Å². The average Bonchev–Trinajstić information content (AvgIpc) is 3.30. The van der Waals surface area contributed by atoms with Gasteiger partial charge in [-0.3, -0.25) is 0 Å². The van der Waals surface area contributed by atoms with Gasteiger partial charge in [-0.1, -0.05) is 0 Å². The molecule has 0 amide bonds. The zero-order valence-electron chi connectivity index (χ0n) is 34.2. The van der Waals surface area contributed by atoms with Crippen LogP contribution in [-0.4, -0.2) is 305 Å². The van der Waals surface area contributed by atoms with Crippen LogP contribution in [0.3, 0.4) is 0 Å². The van der Waals surface area contributed by atoms with Gasteiger partial charge < -0.3 is 144 Å². The van der Waals surface area contributed by atoms with Gasteiger partial charge in [0, 0.05) is 6.42 Å². The molecule has 0 saturated carbocycles. The van der Waals surface area contributed by atoms with E-state index in [9.17, 15) is 86.8 Å². The first-order valence-electron chi connectivity index (χ1n) is 21.0. The summed E-state index contributed by atoms with van der Waals surface area (Å²) >= 11 is 0. The highest BCUT2D eigenvalue weighted by Gasteiger charge is 2.57. The van der Waals surface area contributed by atoms with E-state index in [1.807, 2.05) is 0 Å². The molecule has 0 spiro atoms. The molecule has 22 heterocycles. The largest absolute Gasteiger partial charge is 0.394 e. The minimum atomic E-state index is -2.13. The summed E-state index contributed by atoms with van der Waals surface area (Å²) < 4.78 is 68.4. The molecule has 0 aromatic heterocycles. The molecule has 0 aromatic carbocycles. The van der Waals surface area contributed by atoms with Crippen LogP contribution in [0.5, 0.6) is 0 Å². The number of aliphatic hydroxyl groups excluding tert-OH is 17. The molecule has 0 aromatic rings. The minimum absolute atomic E-state index is 0.450. The number of aliphatic hydroxyl groups is 17. The zero-order valence-corrected chi connectivity index (χ0v) is 34.2. The van der Waals surface area contributed by atoms with Crippen molar-refractivity contribution in [3.8, 4) is 0 Å². The molecule has 22 aliphatic heterocycles. The van der Waals surface area contributed by atoms with Crippen molar-refractivity contribution < 1.29 is 144 Å². The summed E-state index contributed by atoms with van der Waals surface area (Å²) in [5.41, 5.74) is 0. The maximum absolute atomic E-state index is 11.2. The van der Waals surface area contributed by atoms with Gasteiger partial charge in [0.05, 0.1) is 45.7 Å². The van der Waals surface area contributed by atoms with Crippen LogP contribution in [0.25, 0.3) is 0 Å². The van der Waals surface area contributed by atoms with Crippen molar-refractivity contribution in [2.75, 3.05) is 39.6 Å². The maximum atomic E-state index is 11.2. The quantitative estimate of drug-likeness (QED) is 0.118. The lowest BCUT2D eigenvalue weighted by molar-refractivity contribution is -0.400. The first-order valence-corrected chi connectivity index (χ1v) is 21.0. The maximum Gasteiger partial charge on any atom is 0.187 e. The average molecular weight is 957 g/mol. The second-order valence-corrected chi connectivity index (χ2v) is 16.7. The molecule has 12 bridgehead atoms. The highest BCUT2D eigenvalue weighted by atomic mass is 16.8. The predicted octanol–water partition coefficient (Wildman–Crippen LogP) is -12.0. The van der Waals surface area contributed by atoms with Crippen molar-refractivity contribution >= 4 is 0 Å². The van der Waals surface area contributed by atoms with Crippen LogP contribution in [0.1, 0.15) is 6.42 Å². The first-order chi connectivity index (χ1) is 31.0. The Morgan fingerprint density at radius 1 is 0.246 bits per heavy atom. The van der Waals surface area contributed by atoms with Crippen LogP contribution in [0.4, 0.5) is 0 Å². The molecule has 0 radical (unpaired) electrons. The van der Waals surface area contributed by atoms with E-state index in [4.69, 9.17) is 56.8 Å². The molecule has 29 heteroatoms. The molecule has 22 rings (SSSR count). The first kappa shape index (κ1) is 51.7. The van der Waals surface area contributed by atoms with E-state index in [0.29, 0.717) is 0 Å². The van der Waals surface area contributed by atoms with E-state index in [-0.39, 0.29) is 0 Å². The molecule has 65 heavy (non-hydrogen) atoms. The van der Waals surface area contributed by atoms with E-state index in [0.717, 1.165) is 0 Å². The summed E-state index contributed by atoms with van der Waals surface area (Å²) in [5, 5.41) is 184. The molecule has 17 N–H and O–H groups in total. The Morgan fingerprint density at radius 3 is 0.708 bits per heavy atom. The van der Waals surface area contributed by atoms with Crippen LogP contribution in [0.2, 0.25) is 0 Å². The molecule has 29 atom stereocenters. The van der Waals surface area contributed by atoms with Crippen molar-refractivity contribution in [3.05, 3.63) is 0 Å². The van der Waals surface area contributed by atoms with E-state index < -0.39 is 224 Å². The van der Waals surface area contributed by atoms with Crippen LogP contribution in [0, 0.1) is 0 Å². The Balaban J connectivity index is 1.18. The number of hydrogen-bond donors (Lipinski definition) is 17. The van der Waals surface area contributed by atoms with Crippen molar-refractivity contribution in [2.45, 2.75) is 185 Å². The monoisotopic (exact) mass is 956 g/mol. The minimum Gasteiger partial charge on any atom is -0.394 e. The fraction of sp³-hybridized carbons (Fsp3) is 1.00. The summed E-state index contributed by atoms with van der Waals surface area (Å²) in [7, 11) is 0. The molecule has 22 fully saturated rings. The molecular weight excluding hydrogens is 896 g/mol. The Morgan fingerprint density at radius 2 is 0.462 bits per heavy atom. The molecule has 22 aliphatic rings. The lowest BCUT2D eigenvalue weighted by Crippen LogP contribution is -2.68. The van der Waals surface area contributed by atoms with Crippen molar-refractivity contribution in [1.82, 2.24) is 0 Å². The molecular formula is C36H60O29. The van der Waals surface area contributed by atoms with E-state index in [1.165, 1.54) is 0 Å². The van der Waals surface area contributed by atoms with E-state index in [1.54, 1.807) is 0 Å². The fourth-order valence-corrected chi connectivity index (χ4v) is 8.89. The summed E-state index contributed by atoms with van der Waals surface area (Å²) in [6.07, 6.45) is -53.9. The van der Waals surface area contributed by atoms with Crippen LogP contribution in [0.15, 0.2) is 0 Å². The van der Waals surface area contributed by atoms with Crippen molar-refractivity contribution in [3.63, 3.8) is 0 Å². The number of hydrogen-bond acceptors (Lipinski definition) is 29. The second kappa shape index (κ2) is 21.9. The Bertz CT molecular complexity index is 1480. The third kappa shape index (κ3) is 10.2. The topological polar surface area (TPSA) is 455 Å². The summed E-state index contributed by atoms with van der Waals surface area (Å²) in [6.45, 7) is -5.63. The van der Waals surface area contributed by atoms with E-state index in [2.05, 4.69) is 0 Å². The van der Waals surface area contributed by atoms with Gasteiger partial charge in [-0.2, -0.15) is 0 Å². The highest BCUT2D eigenvalue weighted by molar-refractivity contribution is 5.00. The van der Waals surface area contributed by atoms with Gasteiger partial charge in [0.25, 0.3) is 0 Å². The third-order valence-corrected chi connectivity index (χ3v) is 12.6. The van der Waals surface area contributed by atoms with E-state index >= 15 is 0 Å². The van der Waals surface area contributed by atoms with Crippen LogP contribution < -0.4 is 0 Å². The van der Waals surface area contributed by atoms with Gasteiger partial charge >= 0.3 is 0 Å². The molecule has 378 valence electrons. The number of rotatable bonds is 6. The molecule has 29 nitrogen and oxygen atoms in total. The zero-order chi connectivity index (χ0) is 47.2. The summed E-state index contributed by atoms with van der Waals surface area (Å²) in [5.74, 6) is 0. The fourth-order valence-electron chi connectivity index (χ4n) is 8.89. The van der Waals surface area contributed by atoms with Crippen LogP contribution in [-0.2, 0) is 56.8 Å². The van der Waals surface area contributed by atoms with Gasteiger partial charge in [-0.05, 0) is 0 Å². The lowest BCUT2D eigenvalue weighted by atomic mass is 9.95. The Kier molecular flexibility index (Phi) is 17.4. The SMILES string of the molecule is OC[C@H]1O[C@@H]2O[C@H]3C(O)C(O)[C@H](O[C@@H]3CO)O[C@H]3C(O)C(O)[C@H](O[C@@H]3CO)O[C@H]3C(O)C(O)[C@H](O[C@@H]3CO)O[C@H]3C(O)C(O)[C@H](O[C@@H]3CO)O[C@H]3C(O)C(O)C(OC1CC2O)O[C@@H]3CO. The van der Waals surface area contributed by atoms with Gasteiger partial charge in [-0.15, -0.1) is 0 Å². The Hall–Kier alpha value is -1.16. The third-order valence-electron chi connectivity index (χ3n) is 12.6. The van der Waals surface area contributed by atoms with Gasteiger partial charge in [0.2, 0.25) is 0 Å². The molecule has 13 unspecified atom stereocenters. The normalized spacial score (nSPS) is 54.9. The van der Waals surface area contributed by atoms with Crippen LogP contribution >= 0.6 is 0 Å². The standard InChI is InChI=1S/C36H60O29/c37-2-10-9-1-8(43)31(55-10)61-26-11(3-38)57-33(22(50)17(26)45)63-28-13(5-40)59-35(24(52)19(28)47)65-30-15(7-42)60-36(25(53)20(30)48)64-29-14(6-41)58-34(23(51)18(29)46)62-27-12(4-39)56-32(54-9)21(49)16(27)44/h8-53H,1-7H2/t8?,9?,10-,11-,12-,13-,14-,15-,16?,17?,18?,19?,20?,21?,22?,23?,24?,25?,26-,27-,28-,29-,30-,31-,32?,33-,34-,35-,36-/m1/s1. The summed E-state index contributed by atoms with van der Waals surface area (Å²) in [6, 6.07) is 0. The molecule has 22 saturated heterocycles. The van der Waals surface area contributed by atoms with Crippen molar-refractivity contribution in [1.29, 1.82) is 0 Å². The number of ether oxygens (including phenoxy) is 12. The van der Waals surface area contributed by atoms with Gasteiger partial charge in [0.15, 0.2) is 37.7 Å². The second-order valence-electron chi connectivity index (χ2n) is 16.7. The lowest BCUT2D eigenvalue weighted by Gasteiger charge is -2.50. The van der Waals surface area contributed by atoms with Gasteiger partial charge in [-0.25, -0.2) is 0 Å². The van der Waals surface area contributed by atoms with Crippen molar-refractivity contribution in [2.24, 2.45) is 0 Å².